The molecule has 0 atom stereocenters. The van der Waals surface area contributed by atoms with Gasteiger partial charge in [0.05, 0.1) is 7.11 Å². The Balaban J connectivity index is 1.28. The third-order valence-corrected chi connectivity index (χ3v) is 5.59. The summed E-state index contributed by atoms with van der Waals surface area (Å²) in [7, 11) is 1.68. The van der Waals surface area contributed by atoms with Crippen molar-refractivity contribution in [3.63, 3.8) is 0 Å². The number of ether oxygens (including phenoxy) is 1. The van der Waals surface area contributed by atoms with Crippen LogP contribution in [0.25, 0.3) is 0 Å². The highest BCUT2D eigenvalue weighted by atomic mass is 16.5. The lowest BCUT2D eigenvalue weighted by atomic mass is 10.1. The molecular formula is C22H27N3O2. The van der Waals surface area contributed by atoms with Crippen LogP contribution in [0.2, 0.25) is 0 Å². The fourth-order valence-corrected chi connectivity index (χ4v) is 4.00. The van der Waals surface area contributed by atoms with E-state index in [0.29, 0.717) is 6.54 Å². The number of nitrogens with one attached hydrogen (secondary N) is 1. The number of urea groups is 1. The zero-order valence-electron chi connectivity index (χ0n) is 15.9. The van der Waals surface area contributed by atoms with Crippen LogP contribution in [0.5, 0.6) is 5.75 Å². The van der Waals surface area contributed by atoms with Crippen LogP contribution in [0, 0.1) is 0 Å². The minimum atomic E-state index is 0.0285. The van der Waals surface area contributed by atoms with Crippen molar-refractivity contribution >= 4 is 11.7 Å². The second kappa shape index (κ2) is 7.91. The Morgan fingerprint density at radius 1 is 1.04 bits per heavy atom. The van der Waals surface area contributed by atoms with Gasteiger partial charge in [-0.3, -0.25) is 0 Å². The van der Waals surface area contributed by atoms with Crippen LogP contribution in [0.4, 0.5) is 10.5 Å². The first-order valence-corrected chi connectivity index (χ1v) is 9.75. The second-order valence-corrected chi connectivity index (χ2v) is 7.29. The molecule has 0 bridgehead atoms. The van der Waals surface area contributed by atoms with Gasteiger partial charge in [-0.15, -0.1) is 0 Å². The molecule has 27 heavy (non-hydrogen) atoms. The van der Waals surface area contributed by atoms with E-state index in [-0.39, 0.29) is 6.03 Å². The summed E-state index contributed by atoms with van der Waals surface area (Å²) in [5.74, 6) is 0.863. The number of hydrogen-bond donors (Lipinski definition) is 1. The Kier molecular flexibility index (Phi) is 5.19. The van der Waals surface area contributed by atoms with Crippen molar-refractivity contribution in [1.82, 2.24) is 10.2 Å². The molecule has 2 aliphatic rings. The molecule has 1 heterocycles. The zero-order valence-corrected chi connectivity index (χ0v) is 15.9. The molecule has 1 fully saturated rings. The number of fused-ring (bicyclic) bond motifs is 1. The molecule has 1 aliphatic heterocycles. The van der Waals surface area contributed by atoms with Crippen molar-refractivity contribution in [1.29, 1.82) is 0 Å². The quantitative estimate of drug-likeness (QED) is 0.905. The lowest BCUT2D eigenvalue weighted by Crippen LogP contribution is -2.51. The van der Waals surface area contributed by atoms with Crippen LogP contribution in [0.1, 0.15) is 23.1 Å². The number of nitrogens with zero attached hydrogens (tertiary/aromatic N) is 2. The van der Waals surface area contributed by atoms with Gasteiger partial charge in [0, 0.05) is 44.5 Å². The molecule has 2 aromatic carbocycles. The number of methoxy groups -OCH3 is 1. The van der Waals surface area contributed by atoms with Gasteiger partial charge < -0.3 is 19.9 Å². The molecule has 0 radical (unpaired) electrons. The predicted octanol–water partition coefficient (Wildman–Crippen LogP) is 3.22. The molecule has 0 aromatic heterocycles. The summed E-state index contributed by atoms with van der Waals surface area (Å²) in [4.78, 5) is 16.7. The van der Waals surface area contributed by atoms with Gasteiger partial charge >= 0.3 is 6.03 Å². The highest BCUT2D eigenvalue weighted by Gasteiger charge is 2.21. The average molecular weight is 365 g/mol. The van der Waals surface area contributed by atoms with Crippen molar-refractivity contribution in [3.05, 3.63) is 59.2 Å². The molecule has 5 nitrogen and oxygen atoms in total. The topological polar surface area (TPSA) is 44.8 Å². The van der Waals surface area contributed by atoms with Gasteiger partial charge in [-0.05, 0) is 48.1 Å². The molecule has 4 rings (SSSR count). The first-order valence-electron chi connectivity index (χ1n) is 9.75. The van der Waals surface area contributed by atoms with Crippen LogP contribution in [0.15, 0.2) is 42.5 Å². The summed E-state index contributed by atoms with van der Waals surface area (Å²) < 4.78 is 5.31. The van der Waals surface area contributed by atoms with Crippen molar-refractivity contribution in [2.75, 3.05) is 38.2 Å². The van der Waals surface area contributed by atoms with E-state index < -0.39 is 0 Å². The van der Waals surface area contributed by atoms with Crippen LogP contribution in [0.3, 0.4) is 0 Å². The SMILES string of the molecule is COc1cccc(N2CCN(C(=O)NCc3ccc4c(c3)CCC4)CC2)c1. The highest BCUT2D eigenvalue weighted by Crippen LogP contribution is 2.23. The number of amides is 2. The summed E-state index contributed by atoms with van der Waals surface area (Å²) in [5.41, 5.74) is 5.26. The third kappa shape index (κ3) is 4.02. The highest BCUT2D eigenvalue weighted by molar-refractivity contribution is 5.74. The molecule has 2 amide bonds. The molecule has 0 saturated carbocycles. The van der Waals surface area contributed by atoms with E-state index in [2.05, 4.69) is 34.5 Å². The van der Waals surface area contributed by atoms with E-state index in [1.54, 1.807) is 7.11 Å². The van der Waals surface area contributed by atoms with Gasteiger partial charge in [0.1, 0.15) is 5.75 Å². The Morgan fingerprint density at radius 2 is 1.85 bits per heavy atom. The molecule has 0 spiro atoms. The Bertz CT molecular complexity index is 813. The van der Waals surface area contributed by atoms with Crippen LogP contribution in [-0.2, 0) is 19.4 Å². The lowest BCUT2D eigenvalue weighted by molar-refractivity contribution is 0.194. The molecule has 1 N–H and O–H groups in total. The number of carbonyl (C=O) groups is 1. The number of benzene rings is 2. The summed E-state index contributed by atoms with van der Waals surface area (Å²) in [5, 5.41) is 3.08. The maximum atomic E-state index is 12.5. The van der Waals surface area contributed by atoms with Gasteiger partial charge in [0.15, 0.2) is 0 Å². The predicted molar refractivity (Wildman–Crippen MR) is 107 cm³/mol. The van der Waals surface area contributed by atoms with E-state index in [1.807, 2.05) is 23.1 Å². The van der Waals surface area contributed by atoms with Crippen LogP contribution in [-0.4, -0.2) is 44.2 Å². The van der Waals surface area contributed by atoms with E-state index in [9.17, 15) is 4.79 Å². The molecule has 142 valence electrons. The van der Waals surface area contributed by atoms with E-state index in [1.165, 1.54) is 36.0 Å². The van der Waals surface area contributed by atoms with Gasteiger partial charge in [0.2, 0.25) is 0 Å². The Labute approximate surface area is 160 Å². The van der Waals surface area contributed by atoms with Crippen LogP contribution < -0.4 is 15.0 Å². The number of rotatable bonds is 4. The minimum absolute atomic E-state index is 0.0285. The number of piperazine rings is 1. The van der Waals surface area contributed by atoms with Crippen molar-refractivity contribution in [2.45, 2.75) is 25.8 Å². The number of carbonyl (C=O) groups excluding carboxylic acids is 1. The van der Waals surface area contributed by atoms with Gasteiger partial charge in [-0.2, -0.15) is 0 Å². The van der Waals surface area contributed by atoms with E-state index in [0.717, 1.165) is 37.6 Å². The minimum Gasteiger partial charge on any atom is -0.497 e. The normalized spacial score (nSPS) is 16.2. The Morgan fingerprint density at radius 3 is 2.67 bits per heavy atom. The van der Waals surface area contributed by atoms with Crippen molar-refractivity contribution < 1.29 is 9.53 Å². The molecule has 0 unspecified atom stereocenters. The molecular weight excluding hydrogens is 338 g/mol. The number of anilines is 1. The summed E-state index contributed by atoms with van der Waals surface area (Å²) in [6, 6.07) is 14.7. The smallest absolute Gasteiger partial charge is 0.317 e. The summed E-state index contributed by atoms with van der Waals surface area (Å²) in [6.07, 6.45) is 3.62. The largest absolute Gasteiger partial charge is 0.497 e. The molecule has 1 aliphatic carbocycles. The van der Waals surface area contributed by atoms with Gasteiger partial charge in [0.25, 0.3) is 0 Å². The molecule has 2 aromatic rings. The first-order chi connectivity index (χ1) is 13.2. The van der Waals surface area contributed by atoms with Crippen LogP contribution >= 0.6 is 0 Å². The van der Waals surface area contributed by atoms with E-state index >= 15 is 0 Å². The molecule has 1 saturated heterocycles. The standard InChI is InChI=1S/C22H27N3O2/c1-27-21-7-3-6-20(15-21)24-10-12-25(13-11-24)22(26)23-16-17-8-9-18-4-2-5-19(18)14-17/h3,6-9,14-15H,2,4-5,10-13,16H2,1H3,(H,23,26). The van der Waals surface area contributed by atoms with Gasteiger partial charge in [-0.1, -0.05) is 24.3 Å². The summed E-state index contributed by atoms with van der Waals surface area (Å²) >= 11 is 0. The fourth-order valence-electron chi connectivity index (χ4n) is 4.00. The Hall–Kier alpha value is -2.69. The van der Waals surface area contributed by atoms with Crippen molar-refractivity contribution in [2.24, 2.45) is 0 Å². The average Bonchev–Trinajstić information content (AvgIpc) is 3.20. The first kappa shape index (κ1) is 17.7. The fraction of sp³-hybridized carbons (Fsp3) is 0.409. The second-order valence-electron chi connectivity index (χ2n) is 7.29. The number of hydrogen-bond acceptors (Lipinski definition) is 3. The van der Waals surface area contributed by atoms with Crippen molar-refractivity contribution in [3.8, 4) is 5.75 Å². The van der Waals surface area contributed by atoms with Gasteiger partial charge in [-0.25, -0.2) is 4.79 Å². The maximum Gasteiger partial charge on any atom is 0.317 e. The number of aryl methyl sites for hydroxylation is 2. The molecule has 5 heteroatoms. The van der Waals surface area contributed by atoms with E-state index in [4.69, 9.17) is 4.74 Å². The monoisotopic (exact) mass is 365 g/mol. The summed E-state index contributed by atoms with van der Waals surface area (Å²) in [6.45, 7) is 3.72. The zero-order chi connectivity index (χ0) is 18.6. The third-order valence-electron chi connectivity index (χ3n) is 5.59. The lowest BCUT2D eigenvalue weighted by Gasteiger charge is -2.36. The maximum absolute atomic E-state index is 12.5.